The number of methoxy groups -OCH3 is 1. The van der Waals surface area contributed by atoms with Gasteiger partial charge in [-0.05, 0) is 18.6 Å². The van der Waals surface area contributed by atoms with Gasteiger partial charge in [0.15, 0.2) is 0 Å². The van der Waals surface area contributed by atoms with Gasteiger partial charge < -0.3 is 15.4 Å². The summed E-state index contributed by atoms with van der Waals surface area (Å²) in [6, 6.07) is 3.83. The van der Waals surface area contributed by atoms with Crippen LogP contribution in [0.15, 0.2) is 18.3 Å². The summed E-state index contributed by atoms with van der Waals surface area (Å²) in [5.74, 6) is 0.985. The number of aromatic nitrogens is 1. The van der Waals surface area contributed by atoms with Crippen molar-refractivity contribution in [2.24, 2.45) is 0 Å². The summed E-state index contributed by atoms with van der Waals surface area (Å²) in [4.78, 5) is 6.49. The van der Waals surface area contributed by atoms with Gasteiger partial charge in [-0.3, -0.25) is 0 Å². The van der Waals surface area contributed by atoms with Crippen LogP contribution in [-0.2, 0) is 4.74 Å². The molecule has 0 bridgehead atoms. The number of hydrogen-bond acceptors (Lipinski definition) is 4. The van der Waals surface area contributed by atoms with Crippen molar-refractivity contribution in [1.29, 1.82) is 0 Å². The monoisotopic (exact) mass is 193 g/mol. The van der Waals surface area contributed by atoms with E-state index >= 15 is 0 Å². The van der Waals surface area contributed by atoms with Crippen LogP contribution in [0.25, 0.3) is 0 Å². The van der Waals surface area contributed by atoms with Crippen molar-refractivity contribution >= 4 is 11.5 Å². The molecule has 0 spiro atoms. The Morgan fingerprint density at radius 3 is 3.00 bits per heavy atom. The second kappa shape index (κ2) is 3.84. The zero-order valence-electron chi connectivity index (χ0n) is 8.31. The molecule has 4 heteroatoms. The Labute approximate surface area is 83.7 Å². The lowest BCUT2D eigenvalue weighted by atomic mass is 10.3. The first-order valence-electron chi connectivity index (χ1n) is 4.79. The van der Waals surface area contributed by atoms with Crippen LogP contribution < -0.4 is 10.6 Å². The maximum atomic E-state index is 5.57. The lowest BCUT2D eigenvalue weighted by Gasteiger charge is -2.16. The normalized spacial score (nSPS) is 21.5. The zero-order valence-corrected chi connectivity index (χ0v) is 8.31. The molecule has 1 atom stereocenters. The van der Waals surface area contributed by atoms with Crippen molar-refractivity contribution in [2.45, 2.75) is 12.5 Å². The van der Waals surface area contributed by atoms with Gasteiger partial charge in [-0.15, -0.1) is 0 Å². The van der Waals surface area contributed by atoms with E-state index in [9.17, 15) is 0 Å². The molecule has 1 aliphatic heterocycles. The quantitative estimate of drug-likeness (QED) is 0.757. The van der Waals surface area contributed by atoms with Crippen LogP contribution in [0.1, 0.15) is 6.42 Å². The minimum Gasteiger partial charge on any atom is -0.397 e. The van der Waals surface area contributed by atoms with Crippen LogP contribution in [0.4, 0.5) is 11.5 Å². The maximum absolute atomic E-state index is 5.57. The van der Waals surface area contributed by atoms with Crippen molar-refractivity contribution < 1.29 is 4.74 Å². The van der Waals surface area contributed by atoms with Gasteiger partial charge in [0.2, 0.25) is 0 Å². The number of nitrogens with two attached hydrogens (primary N) is 1. The number of ether oxygens (including phenoxy) is 1. The van der Waals surface area contributed by atoms with Gasteiger partial charge >= 0.3 is 0 Å². The third kappa shape index (κ3) is 1.80. The fraction of sp³-hybridized carbons (Fsp3) is 0.500. The summed E-state index contributed by atoms with van der Waals surface area (Å²) in [5.41, 5.74) is 6.28. The summed E-state index contributed by atoms with van der Waals surface area (Å²) >= 11 is 0. The SMILES string of the molecule is CO[C@@H]1CCN(c2ccc(N)cn2)C1. The standard InChI is InChI=1S/C10H15N3O/c1-14-9-4-5-13(7-9)10-3-2-8(11)6-12-10/h2-3,6,9H,4-5,7,11H2,1H3/t9-/m1/s1. The van der Waals surface area contributed by atoms with E-state index in [0.717, 1.165) is 25.3 Å². The Morgan fingerprint density at radius 2 is 2.43 bits per heavy atom. The van der Waals surface area contributed by atoms with E-state index in [1.165, 1.54) is 0 Å². The number of hydrogen-bond donors (Lipinski definition) is 1. The molecule has 0 radical (unpaired) electrons. The number of pyridine rings is 1. The highest BCUT2D eigenvalue weighted by atomic mass is 16.5. The minimum absolute atomic E-state index is 0.342. The molecule has 4 nitrogen and oxygen atoms in total. The van der Waals surface area contributed by atoms with Crippen LogP contribution in [0.5, 0.6) is 0 Å². The van der Waals surface area contributed by atoms with Crippen LogP contribution in [0, 0.1) is 0 Å². The van der Waals surface area contributed by atoms with Crippen molar-refractivity contribution in [3.05, 3.63) is 18.3 Å². The Kier molecular flexibility index (Phi) is 2.54. The molecule has 2 rings (SSSR count). The molecular formula is C10H15N3O. The van der Waals surface area contributed by atoms with Crippen molar-refractivity contribution in [2.75, 3.05) is 30.8 Å². The predicted molar refractivity (Wildman–Crippen MR) is 56.3 cm³/mol. The third-order valence-corrected chi connectivity index (χ3v) is 2.57. The summed E-state index contributed by atoms with van der Waals surface area (Å²) in [5, 5.41) is 0. The molecule has 1 aliphatic rings. The van der Waals surface area contributed by atoms with Gasteiger partial charge in [0, 0.05) is 20.2 Å². The minimum atomic E-state index is 0.342. The molecule has 0 unspecified atom stereocenters. The van der Waals surface area contributed by atoms with E-state index in [1.54, 1.807) is 13.3 Å². The topological polar surface area (TPSA) is 51.4 Å². The van der Waals surface area contributed by atoms with Crippen LogP contribution in [-0.4, -0.2) is 31.3 Å². The average Bonchev–Trinajstić information content (AvgIpc) is 2.67. The van der Waals surface area contributed by atoms with E-state index in [4.69, 9.17) is 10.5 Å². The molecule has 76 valence electrons. The summed E-state index contributed by atoms with van der Waals surface area (Å²) in [7, 11) is 1.75. The summed E-state index contributed by atoms with van der Waals surface area (Å²) in [6.07, 6.45) is 3.10. The zero-order chi connectivity index (χ0) is 9.97. The Bertz CT molecular complexity index is 299. The van der Waals surface area contributed by atoms with Gasteiger partial charge in [0.25, 0.3) is 0 Å². The van der Waals surface area contributed by atoms with Crippen molar-refractivity contribution in [3.63, 3.8) is 0 Å². The largest absolute Gasteiger partial charge is 0.397 e. The van der Waals surface area contributed by atoms with Crippen LogP contribution >= 0.6 is 0 Å². The Hall–Kier alpha value is -1.29. The van der Waals surface area contributed by atoms with E-state index in [1.807, 2.05) is 12.1 Å². The van der Waals surface area contributed by atoms with Gasteiger partial charge in [-0.1, -0.05) is 0 Å². The number of nitrogen functional groups attached to an aromatic ring is 1. The summed E-state index contributed by atoms with van der Waals surface area (Å²) < 4.78 is 5.29. The highest BCUT2D eigenvalue weighted by molar-refractivity contribution is 5.46. The molecule has 0 aliphatic carbocycles. The molecule has 1 aromatic heterocycles. The van der Waals surface area contributed by atoms with E-state index in [0.29, 0.717) is 11.8 Å². The Balaban J connectivity index is 2.06. The smallest absolute Gasteiger partial charge is 0.128 e. The van der Waals surface area contributed by atoms with E-state index in [2.05, 4.69) is 9.88 Å². The maximum Gasteiger partial charge on any atom is 0.128 e. The second-order valence-corrected chi connectivity index (χ2v) is 3.54. The number of nitrogens with zero attached hydrogens (tertiary/aromatic N) is 2. The number of anilines is 2. The summed E-state index contributed by atoms with van der Waals surface area (Å²) in [6.45, 7) is 1.93. The highest BCUT2D eigenvalue weighted by Gasteiger charge is 2.22. The van der Waals surface area contributed by atoms with Gasteiger partial charge in [0.05, 0.1) is 18.0 Å². The van der Waals surface area contributed by atoms with E-state index < -0.39 is 0 Å². The first-order valence-corrected chi connectivity index (χ1v) is 4.79. The molecular weight excluding hydrogens is 178 g/mol. The predicted octanol–water partition coefficient (Wildman–Crippen LogP) is 0.889. The lowest BCUT2D eigenvalue weighted by Crippen LogP contribution is -2.22. The molecule has 2 heterocycles. The molecule has 1 saturated heterocycles. The molecule has 0 aromatic carbocycles. The molecule has 1 fully saturated rings. The van der Waals surface area contributed by atoms with Gasteiger partial charge in [-0.2, -0.15) is 0 Å². The number of rotatable bonds is 2. The first-order chi connectivity index (χ1) is 6.79. The fourth-order valence-corrected chi connectivity index (χ4v) is 1.71. The van der Waals surface area contributed by atoms with Gasteiger partial charge in [-0.25, -0.2) is 4.98 Å². The third-order valence-electron chi connectivity index (χ3n) is 2.57. The molecule has 2 N–H and O–H groups in total. The van der Waals surface area contributed by atoms with Crippen LogP contribution in [0.3, 0.4) is 0 Å². The molecule has 0 saturated carbocycles. The Morgan fingerprint density at radius 1 is 1.57 bits per heavy atom. The lowest BCUT2D eigenvalue weighted by molar-refractivity contribution is 0.121. The van der Waals surface area contributed by atoms with Crippen molar-refractivity contribution in [1.82, 2.24) is 4.98 Å². The average molecular weight is 193 g/mol. The van der Waals surface area contributed by atoms with E-state index in [-0.39, 0.29) is 0 Å². The van der Waals surface area contributed by atoms with Gasteiger partial charge in [0.1, 0.15) is 5.82 Å². The molecule has 14 heavy (non-hydrogen) atoms. The first kappa shape index (κ1) is 9.27. The molecule has 1 aromatic rings. The highest BCUT2D eigenvalue weighted by Crippen LogP contribution is 2.19. The fourth-order valence-electron chi connectivity index (χ4n) is 1.71. The van der Waals surface area contributed by atoms with Crippen LogP contribution in [0.2, 0.25) is 0 Å². The second-order valence-electron chi connectivity index (χ2n) is 3.54. The molecule has 0 amide bonds. The van der Waals surface area contributed by atoms with Crippen molar-refractivity contribution in [3.8, 4) is 0 Å².